The highest BCUT2D eigenvalue weighted by atomic mass is 16.5. The van der Waals surface area contributed by atoms with E-state index >= 15 is 0 Å². The van der Waals surface area contributed by atoms with Crippen LogP contribution in [0.2, 0.25) is 0 Å². The Morgan fingerprint density at radius 2 is 2.00 bits per heavy atom. The van der Waals surface area contributed by atoms with Gasteiger partial charge in [0.2, 0.25) is 0 Å². The van der Waals surface area contributed by atoms with Crippen LogP contribution in [0.4, 0.5) is 0 Å². The lowest BCUT2D eigenvalue weighted by molar-refractivity contribution is -0.147. The molecule has 2 aromatic carbocycles. The number of carbonyl (C=O) groups excluding carboxylic acids is 1. The van der Waals surface area contributed by atoms with Gasteiger partial charge in [0.05, 0.1) is 6.04 Å². The van der Waals surface area contributed by atoms with E-state index in [0.29, 0.717) is 11.8 Å². The fourth-order valence-electron chi connectivity index (χ4n) is 7.78. The number of aryl methyl sites for hydroxylation is 2. The van der Waals surface area contributed by atoms with Crippen LogP contribution in [0.3, 0.4) is 0 Å². The van der Waals surface area contributed by atoms with Crippen LogP contribution in [-0.4, -0.2) is 59.6 Å². The normalized spacial score (nSPS) is 32.2. The first kappa shape index (κ1) is 22.5. The lowest BCUT2D eigenvalue weighted by Gasteiger charge is -2.65. The summed E-state index contributed by atoms with van der Waals surface area (Å²) in [6.45, 7) is 7.54. The average Bonchev–Trinajstić information content (AvgIpc) is 3.19. The number of phenolic OH excluding ortho intramolecular Hbond substituents is 1. The number of amides is 1. The zero-order valence-electron chi connectivity index (χ0n) is 21.3. The summed E-state index contributed by atoms with van der Waals surface area (Å²) in [7, 11) is 4.10. The van der Waals surface area contributed by atoms with Gasteiger partial charge in [0.15, 0.2) is 11.5 Å². The zero-order chi connectivity index (χ0) is 24.7. The lowest BCUT2D eigenvalue weighted by atomic mass is 9.43. The highest BCUT2D eigenvalue weighted by Gasteiger charge is 2.71. The lowest BCUT2D eigenvalue weighted by Crippen LogP contribution is -2.73. The van der Waals surface area contributed by atoms with Crippen LogP contribution < -0.4 is 4.74 Å². The van der Waals surface area contributed by atoms with Gasteiger partial charge in [0.25, 0.3) is 5.91 Å². The van der Waals surface area contributed by atoms with E-state index in [1.807, 2.05) is 25.2 Å². The maximum Gasteiger partial charge on any atom is 0.298 e. The van der Waals surface area contributed by atoms with Crippen molar-refractivity contribution in [3.05, 3.63) is 58.1 Å². The number of carbonyl (C=O) groups is 1. The molecule has 2 aliphatic carbocycles. The first-order chi connectivity index (χ1) is 16.7. The summed E-state index contributed by atoms with van der Waals surface area (Å²) < 4.78 is 6.67. The molecule has 5 atom stereocenters. The molecule has 1 saturated heterocycles. The molecule has 0 unspecified atom stereocenters. The van der Waals surface area contributed by atoms with Gasteiger partial charge in [0, 0.05) is 35.6 Å². The second kappa shape index (κ2) is 7.51. The number of aromatic hydroxyl groups is 1. The molecule has 1 amide bonds. The monoisotopic (exact) mass is 470 g/mol. The molecule has 0 aromatic heterocycles. The summed E-state index contributed by atoms with van der Waals surface area (Å²) in [6, 6.07) is 10.2. The standard InChI is InChI=1S/C30H34N2O3/c1-18-6-7-20(16-19(18)2)8-11-25(34)32(5)22-12-13-29(3)24-17-21-9-10-23(33)27-26(21)30(29,28(22)35-27)14-15-31(24)4/h6-7,9-10,16,22,24,28,33H,12-15,17H2,1-5H3/t22-,24-,28+,29+,30+/m1/s1. The van der Waals surface area contributed by atoms with Crippen molar-refractivity contribution >= 4 is 5.91 Å². The van der Waals surface area contributed by atoms with Gasteiger partial charge >= 0.3 is 0 Å². The summed E-state index contributed by atoms with van der Waals surface area (Å²) in [4.78, 5) is 17.6. The van der Waals surface area contributed by atoms with E-state index in [9.17, 15) is 9.90 Å². The van der Waals surface area contributed by atoms with Gasteiger partial charge in [-0.1, -0.05) is 25.0 Å². The molecular weight excluding hydrogens is 436 g/mol. The topological polar surface area (TPSA) is 53.0 Å². The molecule has 5 heteroatoms. The van der Waals surface area contributed by atoms with Crippen molar-refractivity contribution in [3.8, 4) is 23.3 Å². The van der Waals surface area contributed by atoms with E-state index in [4.69, 9.17) is 4.74 Å². The number of benzene rings is 2. The molecule has 0 radical (unpaired) electrons. The van der Waals surface area contributed by atoms with E-state index < -0.39 is 0 Å². The second-order valence-corrected chi connectivity index (χ2v) is 11.4. The van der Waals surface area contributed by atoms with Crippen molar-refractivity contribution < 1.29 is 14.6 Å². The summed E-state index contributed by atoms with van der Waals surface area (Å²) in [6.07, 6.45) is 3.65. The number of nitrogens with zero attached hydrogens (tertiary/aromatic N) is 2. The Hall–Kier alpha value is -2.97. The van der Waals surface area contributed by atoms with Crippen molar-refractivity contribution in [2.45, 2.75) is 70.1 Å². The van der Waals surface area contributed by atoms with E-state index in [2.05, 4.69) is 50.6 Å². The Morgan fingerprint density at radius 1 is 1.20 bits per heavy atom. The molecule has 4 aliphatic rings. The van der Waals surface area contributed by atoms with Crippen LogP contribution >= 0.6 is 0 Å². The Morgan fingerprint density at radius 3 is 2.77 bits per heavy atom. The van der Waals surface area contributed by atoms with E-state index in [-0.39, 0.29) is 34.6 Å². The van der Waals surface area contributed by atoms with Gasteiger partial charge in [0.1, 0.15) is 6.10 Å². The van der Waals surface area contributed by atoms with Crippen LogP contribution in [0, 0.1) is 31.1 Å². The molecule has 2 fully saturated rings. The van der Waals surface area contributed by atoms with Gasteiger partial charge in [-0.2, -0.15) is 0 Å². The van der Waals surface area contributed by atoms with Crippen LogP contribution in [0.5, 0.6) is 11.5 Å². The van der Waals surface area contributed by atoms with Crippen molar-refractivity contribution in [2.75, 3.05) is 20.6 Å². The predicted molar refractivity (Wildman–Crippen MR) is 136 cm³/mol. The zero-order valence-corrected chi connectivity index (χ0v) is 21.3. The van der Waals surface area contributed by atoms with E-state index in [1.54, 1.807) is 11.0 Å². The van der Waals surface area contributed by atoms with E-state index in [0.717, 1.165) is 37.8 Å². The highest BCUT2D eigenvalue weighted by molar-refractivity contribution is 5.94. The van der Waals surface area contributed by atoms with Crippen molar-refractivity contribution in [1.82, 2.24) is 9.80 Å². The first-order valence-corrected chi connectivity index (χ1v) is 12.8. The number of hydrogen-bond acceptors (Lipinski definition) is 4. The Balaban J connectivity index is 1.38. The molecular formula is C30H34N2O3. The maximum atomic E-state index is 13.3. The third kappa shape index (κ3) is 2.90. The molecule has 2 aliphatic heterocycles. The quantitative estimate of drug-likeness (QED) is 0.642. The minimum absolute atomic E-state index is 0.0300. The number of rotatable bonds is 1. The van der Waals surface area contributed by atoms with Crippen LogP contribution in [0.15, 0.2) is 30.3 Å². The van der Waals surface area contributed by atoms with Crippen LogP contribution in [0.25, 0.3) is 0 Å². The van der Waals surface area contributed by atoms with Crippen molar-refractivity contribution in [1.29, 1.82) is 0 Å². The largest absolute Gasteiger partial charge is 0.504 e. The average molecular weight is 471 g/mol. The Kier molecular flexibility index (Phi) is 4.83. The fraction of sp³-hybridized carbons (Fsp3) is 0.500. The second-order valence-electron chi connectivity index (χ2n) is 11.4. The smallest absolute Gasteiger partial charge is 0.298 e. The Bertz CT molecular complexity index is 1310. The molecule has 2 heterocycles. The number of ether oxygens (including phenoxy) is 1. The van der Waals surface area contributed by atoms with Crippen LogP contribution in [0.1, 0.15) is 54.0 Å². The van der Waals surface area contributed by atoms with Gasteiger partial charge < -0.3 is 19.6 Å². The fourth-order valence-corrected chi connectivity index (χ4v) is 7.78. The molecule has 2 aromatic rings. The molecule has 6 rings (SSSR count). The number of likely N-dealkylation sites (tertiary alicyclic amines) is 1. The third-order valence-electron chi connectivity index (χ3n) is 9.91. The molecule has 5 nitrogen and oxygen atoms in total. The highest BCUT2D eigenvalue weighted by Crippen LogP contribution is 2.69. The molecule has 182 valence electrons. The molecule has 35 heavy (non-hydrogen) atoms. The molecule has 1 spiro atoms. The summed E-state index contributed by atoms with van der Waals surface area (Å²) in [5, 5.41) is 10.8. The summed E-state index contributed by atoms with van der Waals surface area (Å²) >= 11 is 0. The summed E-state index contributed by atoms with van der Waals surface area (Å²) in [5.41, 5.74) is 5.57. The van der Waals surface area contributed by atoms with E-state index in [1.165, 1.54) is 22.3 Å². The van der Waals surface area contributed by atoms with Gasteiger partial charge in [-0.15, -0.1) is 0 Å². The number of phenols is 1. The van der Waals surface area contributed by atoms with Gasteiger partial charge in [-0.25, -0.2) is 0 Å². The number of piperidine rings is 1. The van der Waals surface area contributed by atoms with Crippen LogP contribution in [-0.2, 0) is 16.6 Å². The van der Waals surface area contributed by atoms with Gasteiger partial charge in [-0.3, -0.25) is 4.79 Å². The first-order valence-electron chi connectivity index (χ1n) is 12.8. The number of likely N-dealkylation sites (N-methyl/N-ethyl adjacent to an activating group) is 2. The van der Waals surface area contributed by atoms with Crippen molar-refractivity contribution in [2.24, 2.45) is 5.41 Å². The van der Waals surface area contributed by atoms with Crippen molar-refractivity contribution in [3.63, 3.8) is 0 Å². The minimum Gasteiger partial charge on any atom is -0.504 e. The minimum atomic E-state index is -0.204. The van der Waals surface area contributed by atoms with Gasteiger partial charge in [-0.05, 0) is 93.4 Å². The summed E-state index contributed by atoms with van der Waals surface area (Å²) in [5.74, 6) is 6.64. The molecule has 1 saturated carbocycles. The molecule has 2 bridgehead atoms. The third-order valence-corrected chi connectivity index (χ3v) is 9.91. The molecule has 1 N–H and O–H groups in total. The number of hydrogen-bond donors (Lipinski definition) is 1. The maximum absolute atomic E-state index is 13.3. The Labute approximate surface area is 208 Å². The SMILES string of the molecule is Cc1ccc(C#CC(=O)N(C)[C@@H]2CC[C@@]3(C)[C@H]4Cc5ccc(O)c6c5[C@@]3(CCN4C)[C@H]2O6)cc1C. The predicted octanol–water partition coefficient (Wildman–Crippen LogP) is 3.95.